The molecule has 160 valence electrons. The first-order valence-corrected chi connectivity index (χ1v) is 9.65. The third-order valence-corrected chi connectivity index (χ3v) is 5.33. The van der Waals surface area contributed by atoms with Crippen molar-refractivity contribution in [3.05, 3.63) is 66.2 Å². The van der Waals surface area contributed by atoms with Crippen LogP contribution < -0.4 is 5.32 Å². The zero-order chi connectivity index (χ0) is 21.8. The van der Waals surface area contributed by atoms with Gasteiger partial charge in [0, 0.05) is 25.8 Å². The number of benzene rings is 2. The molecule has 2 aromatic rings. The van der Waals surface area contributed by atoms with Crippen molar-refractivity contribution in [3.8, 4) is 0 Å². The van der Waals surface area contributed by atoms with E-state index in [1.165, 1.54) is 7.05 Å². The molecule has 1 atom stereocenters. The number of rotatable bonds is 6. The maximum absolute atomic E-state index is 14.0. The van der Waals surface area contributed by atoms with Crippen LogP contribution in [0.1, 0.15) is 12.0 Å². The third-order valence-electron chi connectivity index (χ3n) is 5.33. The molecule has 30 heavy (non-hydrogen) atoms. The molecule has 1 saturated heterocycles. The van der Waals surface area contributed by atoms with Crippen LogP contribution in [0, 0.1) is 5.41 Å². The van der Waals surface area contributed by atoms with E-state index in [4.69, 9.17) is 0 Å². The Labute approximate surface area is 173 Å². The predicted molar refractivity (Wildman–Crippen MR) is 108 cm³/mol. The zero-order valence-electron chi connectivity index (χ0n) is 16.7. The van der Waals surface area contributed by atoms with Crippen molar-refractivity contribution in [1.29, 1.82) is 0 Å². The molecule has 8 heteroatoms. The lowest BCUT2D eigenvalue weighted by molar-refractivity contribution is -0.223. The number of hydrogen-bond donors (Lipinski definition) is 1. The second-order valence-corrected chi connectivity index (χ2v) is 7.60. The summed E-state index contributed by atoms with van der Waals surface area (Å²) in [6.07, 6.45) is -5.04. The van der Waals surface area contributed by atoms with Crippen molar-refractivity contribution in [1.82, 2.24) is 9.80 Å². The number of anilines is 1. The van der Waals surface area contributed by atoms with Crippen LogP contribution in [-0.4, -0.2) is 54.5 Å². The van der Waals surface area contributed by atoms with Crippen molar-refractivity contribution in [2.75, 3.05) is 32.0 Å². The lowest BCUT2D eigenvalue weighted by atomic mass is 9.84. The number of likely N-dealkylation sites (N-methyl/N-ethyl adjacent to an activating group) is 1. The fourth-order valence-electron chi connectivity index (χ4n) is 3.77. The molecule has 1 aliphatic heterocycles. The quantitative estimate of drug-likeness (QED) is 0.779. The molecule has 1 N–H and O–H groups in total. The van der Waals surface area contributed by atoms with Gasteiger partial charge in [-0.2, -0.15) is 13.2 Å². The van der Waals surface area contributed by atoms with Gasteiger partial charge >= 0.3 is 6.18 Å². The minimum Gasteiger partial charge on any atom is -0.336 e. The van der Waals surface area contributed by atoms with Gasteiger partial charge in [-0.1, -0.05) is 48.5 Å². The number of alkyl halides is 3. The van der Waals surface area contributed by atoms with Gasteiger partial charge in [-0.3, -0.25) is 14.5 Å². The molecule has 1 unspecified atom stereocenters. The van der Waals surface area contributed by atoms with Gasteiger partial charge in [-0.15, -0.1) is 0 Å². The van der Waals surface area contributed by atoms with E-state index in [1.54, 1.807) is 35.2 Å². The number of halogens is 3. The van der Waals surface area contributed by atoms with Crippen LogP contribution in [0.5, 0.6) is 0 Å². The first kappa shape index (κ1) is 21.8. The Morgan fingerprint density at radius 3 is 2.27 bits per heavy atom. The summed E-state index contributed by atoms with van der Waals surface area (Å²) in [6, 6.07) is 17.7. The predicted octanol–water partition coefficient (Wildman–Crippen LogP) is 3.54. The molecule has 1 aliphatic rings. The molecule has 2 amide bonds. The van der Waals surface area contributed by atoms with Gasteiger partial charge < -0.3 is 10.2 Å². The minimum atomic E-state index is -4.71. The minimum absolute atomic E-state index is 0.157. The summed E-state index contributed by atoms with van der Waals surface area (Å²) in [6.45, 7) is -0.381. The van der Waals surface area contributed by atoms with E-state index in [-0.39, 0.29) is 13.0 Å². The summed E-state index contributed by atoms with van der Waals surface area (Å²) < 4.78 is 42.1. The molecule has 0 spiro atoms. The maximum Gasteiger partial charge on any atom is 0.404 e. The Morgan fingerprint density at radius 1 is 1.07 bits per heavy atom. The van der Waals surface area contributed by atoms with Crippen LogP contribution in [0.3, 0.4) is 0 Å². The van der Waals surface area contributed by atoms with Crippen LogP contribution in [0.15, 0.2) is 60.7 Å². The molecule has 5 nitrogen and oxygen atoms in total. The van der Waals surface area contributed by atoms with Gasteiger partial charge in [0.1, 0.15) is 0 Å². The summed E-state index contributed by atoms with van der Waals surface area (Å²) in [4.78, 5) is 27.6. The number of hydrogen-bond acceptors (Lipinski definition) is 3. The van der Waals surface area contributed by atoms with E-state index in [0.717, 1.165) is 10.5 Å². The lowest BCUT2D eigenvalue weighted by Crippen LogP contribution is -2.54. The third kappa shape index (κ3) is 4.81. The summed E-state index contributed by atoms with van der Waals surface area (Å²) in [5.74, 6) is -1.62. The molecule has 0 aliphatic carbocycles. The largest absolute Gasteiger partial charge is 0.404 e. The Hall–Kier alpha value is -2.87. The Balaban J connectivity index is 1.69. The van der Waals surface area contributed by atoms with Gasteiger partial charge in [-0.05, 0) is 30.7 Å². The van der Waals surface area contributed by atoms with Gasteiger partial charge in [0.2, 0.25) is 11.8 Å². The highest BCUT2D eigenvalue weighted by Gasteiger charge is 2.63. The average Bonchev–Trinajstić information content (AvgIpc) is 3.14. The van der Waals surface area contributed by atoms with E-state index in [1.807, 2.05) is 30.3 Å². The fraction of sp³-hybridized carbons (Fsp3) is 0.364. The van der Waals surface area contributed by atoms with Gasteiger partial charge in [0.05, 0.1) is 6.54 Å². The van der Waals surface area contributed by atoms with E-state index in [0.29, 0.717) is 12.2 Å². The van der Waals surface area contributed by atoms with Crippen LogP contribution in [0.25, 0.3) is 0 Å². The van der Waals surface area contributed by atoms with Gasteiger partial charge in [0.25, 0.3) is 0 Å². The van der Waals surface area contributed by atoms with E-state index in [9.17, 15) is 22.8 Å². The number of nitrogens with zero attached hydrogens (tertiary/aromatic N) is 2. The Kier molecular flexibility index (Phi) is 6.45. The van der Waals surface area contributed by atoms with Crippen molar-refractivity contribution >= 4 is 17.5 Å². The molecular formula is C22H24F3N3O2. The number of para-hydroxylation sites is 1. The number of carbonyl (C=O) groups excluding carboxylic acids is 2. The first-order valence-electron chi connectivity index (χ1n) is 9.65. The molecule has 0 saturated carbocycles. The molecule has 1 heterocycles. The molecule has 0 radical (unpaired) electrons. The highest BCUT2D eigenvalue weighted by atomic mass is 19.4. The van der Waals surface area contributed by atoms with E-state index >= 15 is 0 Å². The fourth-order valence-corrected chi connectivity index (χ4v) is 3.77. The second kappa shape index (κ2) is 8.87. The average molecular weight is 419 g/mol. The van der Waals surface area contributed by atoms with Gasteiger partial charge in [0.15, 0.2) is 5.41 Å². The SMILES string of the molecule is CN(CC(=O)Nc1ccccc1)C(=O)C1(C(F)(F)F)CCN(Cc2ccccc2)C1. The molecule has 2 aromatic carbocycles. The van der Waals surface area contributed by atoms with Gasteiger partial charge in [-0.25, -0.2) is 0 Å². The van der Waals surface area contributed by atoms with Crippen LogP contribution in [-0.2, 0) is 16.1 Å². The Morgan fingerprint density at radius 2 is 1.67 bits per heavy atom. The normalized spacial score (nSPS) is 19.5. The second-order valence-electron chi connectivity index (χ2n) is 7.60. The molecule has 0 aromatic heterocycles. The van der Waals surface area contributed by atoms with E-state index < -0.39 is 36.5 Å². The topological polar surface area (TPSA) is 52.7 Å². The lowest BCUT2D eigenvalue weighted by Gasteiger charge is -2.34. The number of amides is 2. The standard InChI is InChI=1S/C22H24F3N3O2/c1-27(15-19(29)26-18-10-6-3-7-11-18)20(30)21(22(23,24)25)12-13-28(16-21)14-17-8-4-2-5-9-17/h2-11H,12-16H2,1H3,(H,26,29). The number of nitrogens with one attached hydrogen (secondary N) is 1. The highest BCUT2D eigenvalue weighted by molar-refractivity contribution is 5.95. The van der Waals surface area contributed by atoms with Crippen LogP contribution >= 0.6 is 0 Å². The maximum atomic E-state index is 14.0. The molecule has 0 bridgehead atoms. The molecule has 3 rings (SSSR count). The van der Waals surface area contributed by atoms with E-state index in [2.05, 4.69) is 5.32 Å². The summed E-state index contributed by atoms with van der Waals surface area (Å²) in [7, 11) is 1.24. The van der Waals surface area contributed by atoms with Crippen molar-refractivity contribution in [3.63, 3.8) is 0 Å². The zero-order valence-corrected chi connectivity index (χ0v) is 16.7. The van der Waals surface area contributed by atoms with Crippen molar-refractivity contribution < 1.29 is 22.8 Å². The molecular weight excluding hydrogens is 395 g/mol. The molecule has 1 fully saturated rings. The number of likely N-dealkylation sites (tertiary alicyclic amines) is 1. The van der Waals surface area contributed by atoms with Crippen LogP contribution in [0.4, 0.5) is 18.9 Å². The number of carbonyl (C=O) groups is 2. The monoisotopic (exact) mass is 419 g/mol. The van der Waals surface area contributed by atoms with Crippen molar-refractivity contribution in [2.24, 2.45) is 5.41 Å². The first-order chi connectivity index (χ1) is 14.2. The summed E-state index contributed by atoms with van der Waals surface area (Å²) in [5.41, 5.74) is -1.11. The van der Waals surface area contributed by atoms with Crippen LogP contribution in [0.2, 0.25) is 0 Å². The highest BCUT2D eigenvalue weighted by Crippen LogP contribution is 2.47. The smallest absolute Gasteiger partial charge is 0.336 e. The summed E-state index contributed by atoms with van der Waals surface area (Å²) >= 11 is 0. The summed E-state index contributed by atoms with van der Waals surface area (Å²) in [5, 5.41) is 2.59. The van der Waals surface area contributed by atoms with Crippen molar-refractivity contribution in [2.45, 2.75) is 19.1 Å². The Bertz CT molecular complexity index is 874.